The van der Waals surface area contributed by atoms with Gasteiger partial charge in [-0.3, -0.25) is 14.6 Å². The Bertz CT molecular complexity index is 807. The summed E-state index contributed by atoms with van der Waals surface area (Å²) in [6, 6.07) is 8.54. The van der Waals surface area contributed by atoms with Crippen LogP contribution >= 0.6 is 0 Å². The van der Waals surface area contributed by atoms with Gasteiger partial charge in [0.2, 0.25) is 0 Å². The fraction of sp³-hybridized carbons (Fsp3) is 0.350. The third-order valence-electron chi connectivity index (χ3n) is 4.34. The van der Waals surface area contributed by atoms with Gasteiger partial charge in [-0.15, -0.1) is 0 Å². The molecule has 8 nitrogen and oxygen atoms in total. The number of hydrogen-bond donors (Lipinski definition) is 1. The zero-order valence-corrected chi connectivity index (χ0v) is 15.7. The van der Waals surface area contributed by atoms with Crippen LogP contribution in [0.2, 0.25) is 0 Å². The topological polar surface area (TPSA) is 90.0 Å². The van der Waals surface area contributed by atoms with Gasteiger partial charge in [-0.2, -0.15) is 0 Å². The first-order valence-electron chi connectivity index (χ1n) is 9.01. The predicted octanol–water partition coefficient (Wildman–Crippen LogP) is 1.26. The van der Waals surface area contributed by atoms with Crippen molar-refractivity contribution < 1.29 is 23.8 Å². The maximum atomic E-state index is 12.4. The second-order valence-electron chi connectivity index (χ2n) is 6.19. The molecule has 3 rings (SSSR count). The molecule has 0 radical (unpaired) electrons. The smallest absolute Gasteiger partial charge is 0.260 e. The number of nitrogens with zero attached hydrogens (tertiary/aromatic N) is 2. The molecule has 1 saturated heterocycles. The van der Waals surface area contributed by atoms with E-state index in [1.54, 1.807) is 35.5 Å². The number of methoxy groups -OCH3 is 1. The molecule has 0 saturated carbocycles. The number of pyridine rings is 1. The van der Waals surface area contributed by atoms with Crippen LogP contribution in [-0.2, 0) is 16.1 Å². The summed E-state index contributed by atoms with van der Waals surface area (Å²) < 4.78 is 16.2. The minimum Gasteiger partial charge on any atom is -0.493 e. The lowest BCUT2D eigenvalue weighted by atomic mass is 10.1. The number of hydrogen-bond acceptors (Lipinski definition) is 6. The lowest BCUT2D eigenvalue weighted by Gasteiger charge is -2.26. The Morgan fingerprint density at radius 1 is 1.14 bits per heavy atom. The normalized spacial score (nSPS) is 13.7. The molecule has 1 aliphatic rings. The van der Waals surface area contributed by atoms with Crippen LogP contribution in [0.4, 0.5) is 0 Å². The van der Waals surface area contributed by atoms with Crippen LogP contribution in [0.15, 0.2) is 42.7 Å². The van der Waals surface area contributed by atoms with E-state index in [-0.39, 0.29) is 18.4 Å². The molecule has 1 fully saturated rings. The second kappa shape index (κ2) is 9.70. The summed E-state index contributed by atoms with van der Waals surface area (Å²) in [6.45, 7) is 2.52. The molecule has 0 aliphatic carbocycles. The van der Waals surface area contributed by atoms with Crippen molar-refractivity contribution in [2.24, 2.45) is 0 Å². The van der Waals surface area contributed by atoms with Crippen LogP contribution in [0.1, 0.15) is 15.9 Å². The van der Waals surface area contributed by atoms with Crippen molar-refractivity contribution >= 4 is 11.8 Å². The number of benzene rings is 1. The molecule has 1 N–H and O–H groups in total. The summed E-state index contributed by atoms with van der Waals surface area (Å²) in [7, 11) is 1.49. The molecule has 28 heavy (non-hydrogen) atoms. The molecular formula is C20H23N3O5. The Hall–Kier alpha value is -3.13. The number of amides is 2. The van der Waals surface area contributed by atoms with E-state index in [4.69, 9.17) is 14.2 Å². The van der Waals surface area contributed by atoms with E-state index in [1.165, 1.54) is 7.11 Å². The van der Waals surface area contributed by atoms with E-state index >= 15 is 0 Å². The summed E-state index contributed by atoms with van der Waals surface area (Å²) >= 11 is 0. The van der Waals surface area contributed by atoms with Gasteiger partial charge in [-0.1, -0.05) is 0 Å². The second-order valence-corrected chi connectivity index (χ2v) is 6.19. The van der Waals surface area contributed by atoms with E-state index in [0.29, 0.717) is 49.9 Å². The van der Waals surface area contributed by atoms with Gasteiger partial charge in [0.25, 0.3) is 11.8 Å². The standard InChI is InChI=1S/C20H23N3O5/c1-26-18-12-16(20(25)22-13-15-4-6-21-7-5-15)2-3-17(18)28-14-19(24)23-8-10-27-11-9-23/h2-7,12H,8-11,13-14H2,1H3,(H,22,25). The van der Waals surface area contributed by atoms with Crippen molar-refractivity contribution in [2.45, 2.75) is 6.54 Å². The number of ether oxygens (including phenoxy) is 3. The van der Waals surface area contributed by atoms with Crippen LogP contribution in [-0.4, -0.2) is 61.7 Å². The van der Waals surface area contributed by atoms with Crippen LogP contribution in [0, 0.1) is 0 Å². The van der Waals surface area contributed by atoms with E-state index in [0.717, 1.165) is 5.56 Å². The molecule has 1 aromatic carbocycles. The zero-order chi connectivity index (χ0) is 19.8. The van der Waals surface area contributed by atoms with Crippen LogP contribution in [0.3, 0.4) is 0 Å². The minimum absolute atomic E-state index is 0.0933. The highest BCUT2D eigenvalue weighted by molar-refractivity contribution is 5.94. The van der Waals surface area contributed by atoms with Crippen molar-refractivity contribution in [3.05, 3.63) is 53.9 Å². The van der Waals surface area contributed by atoms with E-state index in [1.807, 2.05) is 12.1 Å². The molecular weight excluding hydrogens is 362 g/mol. The van der Waals surface area contributed by atoms with Gasteiger partial charge >= 0.3 is 0 Å². The maximum absolute atomic E-state index is 12.4. The number of nitrogens with one attached hydrogen (secondary N) is 1. The lowest BCUT2D eigenvalue weighted by molar-refractivity contribution is -0.137. The Kier molecular flexibility index (Phi) is 6.80. The van der Waals surface area contributed by atoms with Crippen LogP contribution in [0.5, 0.6) is 11.5 Å². The molecule has 2 heterocycles. The van der Waals surface area contributed by atoms with Crippen LogP contribution in [0.25, 0.3) is 0 Å². The van der Waals surface area contributed by atoms with Gasteiger partial charge in [0.05, 0.1) is 20.3 Å². The van der Waals surface area contributed by atoms with Gasteiger partial charge in [0.15, 0.2) is 18.1 Å². The third-order valence-corrected chi connectivity index (χ3v) is 4.34. The van der Waals surface area contributed by atoms with Crippen molar-refractivity contribution in [1.29, 1.82) is 0 Å². The Morgan fingerprint density at radius 2 is 1.89 bits per heavy atom. The average molecular weight is 385 g/mol. The number of morpholine rings is 1. The molecule has 0 bridgehead atoms. The molecule has 148 valence electrons. The Morgan fingerprint density at radius 3 is 2.61 bits per heavy atom. The highest BCUT2D eigenvalue weighted by Crippen LogP contribution is 2.28. The molecule has 8 heteroatoms. The van der Waals surface area contributed by atoms with Gasteiger partial charge in [0, 0.05) is 37.6 Å². The predicted molar refractivity (Wildman–Crippen MR) is 101 cm³/mol. The summed E-state index contributed by atoms with van der Waals surface area (Å²) in [5.74, 6) is 0.469. The number of rotatable bonds is 7. The summed E-state index contributed by atoms with van der Waals surface area (Å²) in [5.41, 5.74) is 1.40. The van der Waals surface area contributed by atoms with E-state index < -0.39 is 0 Å². The Labute approximate surface area is 163 Å². The lowest BCUT2D eigenvalue weighted by Crippen LogP contribution is -2.43. The monoisotopic (exact) mass is 385 g/mol. The number of carbonyl (C=O) groups excluding carboxylic acids is 2. The van der Waals surface area contributed by atoms with Gasteiger partial charge in [-0.25, -0.2) is 0 Å². The first-order valence-corrected chi connectivity index (χ1v) is 9.01. The van der Waals surface area contributed by atoms with Crippen molar-refractivity contribution in [1.82, 2.24) is 15.2 Å². The van der Waals surface area contributed by atoms with Gasteiger partial charge < -0.3 is 24.4 Å². The molecule has 2 aromatic rings. The quantitative estimate of drug-likeness (QED) is 0.772. The van der Waals surface area contributed by atoms with Crippen LogP contribution < -0.4 is 14.8 Å². The molecule has 2 amide bonds. The summed E-state index contributed by atoms with van der Waals surface area (Å²) in [5, 5.41) is 2.84. The Balaban J connectivity index is 1.58. The summed E-state index contributed by atoms with van der Waals surface area (Å²) in [4.78, 5) is 30.2. The third kappa shape index (κ3) is 5.20. The first-order chi connectivity index (χ1) is 13.7. The molecule has 1 aromatic heterocycles. The molecule has 0 atom stereocenters. The molecule has 1 aliphatic heterocycles. The van der Waals surface area contributed by atoms with Gasteiger partial charge in [0.1, 0.15) is 0 Å². The SMILES string of the molecule is COc1cc(C(=O)NCc2ccncc2)ccc1OCC(=O)N1CCOCC1. The fourth-order valence-corrected chi connectivity index (χ4v) is 2.76. The van der Waals surface area contributed by atoms with Gasteiger partial charge in [-0.05, 0) is 35.9 Å². The minimum atomic E-state index is -0.231. The molecule has 0 spiro atoms. The summed E-state index contributed by atoms with van der Waals surface area (Å²) in [6.07, 6.45) is 3.35. The average Bonchev–Trinajstić information content (AvgIpc) is 2.77. The number of aromatic nitrogens is 1. The molecule has 0 unspecified atom stereocenters. The van der Waals surface area contributed by atoms with Crippen molar-refractivity contribution in [3.8, 4) is 11.5 Å². The largest absolute Gasteiger partial charge is 0.493 e. The zero-order valence-electron chi connectivity index (χ0n) is 15.7. The number of carbonyl (C=O) groups is 2. The van der Waals surface area contributed by atoms with E-state index in [9.17, 15) is 9.59 Å². The first kappa shape index (κ1) is 19.6. The van der Waals surface area contributed by atoms with Crippen molar-refractivity contribution in [3.63, 3.8) is 0 Å². The highest BCUT2D eigenvalue weighted by atomic mass is 16.5. The maximum Gasteiger partial charge on any atom is 0.260 e. The van der Waals surface area contributed by atoms with E-state index in [2.05, 4.69) is 10.3 Å². The fourth-order valence-electron chi connectivity index (χ4n) is 2.76. The highest BCUT2D eigenvalue weighted by Gasteiger charge is 2.18. The van der Waals surface area contributed by atoms with Crippen molar-refractivity contribution in [2.75, 3.05) is 40.0 Å².